The van der Waals surface area contributed by atoms with Crippen molar-refractivity contribution in [1.82, 2.24) is 0 Å². The monoisotopic (exact) mass is 339 g/mol. The maximum absolute atomic E-state index is 13.8. The fourth-order valence-electron chi connectivity index (χ4n) is 1.83. The average molecular weight is 340 g/mol. The van der Waals surface area contributed by atoms with Crippen LogP contribution in [0.2, 0.25) is 0 Å². The number of hydrogen-bond donors (Lipinski definition) is 1. The van der Waals surface area contributed by atoms with Crippen molar-refractivity contribution in [3.8, 4) is 11.5 Å². The third-order valence-corrected chi connectivity index (χ3v) is 3.49. The highest BCUT2D eigenvalue weighted by molar-refractivity contribution is 9.10. The van der Waals surface area contributed by atoms with E-state index in [4.69, 9.17) is 15.2 Å². The van der Waals surface area contributed by atoms with Gasteiger partial charge in [-0.25, -0.2) is 4.39 Å². The summed E-state index contributed by atoms with van der Waals surface area (Å²) in [5.41, 5.74) is 6.14. The molecule has 1 unspecified atom stereocenters. The Kier molecular flexibility index (Phi) is 4.98. The van der Waals surface area contributed by atoms with Gasteiger partial charge in [-0.15, -0.1) is 0 Å². The van der Waals surface area contributed by atoms with E-state index in [1.54, 1.807) is 43.5 Å². The Morgan fingerprint density at radius 2 is 2.00 bits per heavy atom. The topological polar surface area (TPSA) is 44.5 Å². The van der Waals surface area contributed by atoms with E-state index in [0.29, 0.717) is 17.1 Å². The number of ether oxygens (including phenoxy) is 2. The van der Waals surface area contributed by atoms with Crippen molar-refractivity contribution >= 4 is 15.9 Å². The van der Waals surface area contributed by atoms with Gasteiger partial charge in [0.05, 0.1) is 11.6 Å². The lowest BCUT2D eigenvalue weighted by molar-refractivity contribution is 0.207. The maximum Gasteiger partial charge on any atom is 0.139 e. The number of rotatable bonds is 5. The van der Waals surface area contributed by atoms with E-state index in [2.05, 4.69) is 15.9 Å². The van der Waals surface area contributed by atoms with Crippen LogP contribution in [-0.2, 0) is 0 Å². The molecule has 20 heavy (non-hydrogen) atoms. The molecule has 0 radical (unpaired) electrons. The molecule has 0 bridgehead atoms. The van der Waals surface area contributed by atoms with E-state index in [9.17, 15) is 4.39 Å². The molecule has 2 N–H and O–H groups in total. The predicted octanol–water partition coefficient (Wildman–Crippen LogP) is 3.68. The quantitative estimate of drug-likeness (QED) is 0.903. The molecule has 0 saturated heterocycles. The van der Waals surface area contributed by atoms with Crippen LogP contribution in [0.25, 0.3) is 0 Å². The molecule has 0 fully saturated rings. The van der Waals surface area contributed by atoms with Crippen LogP contribution >= 0.6 is 15.9 Å². The summed E-state index contributed by atoms with van der Waals surface area (Å²) < 4.78 is 25.4. The van der Waals surface area contributed by atoms with Crippen molar-refractivity contribution in [3.63, 3.8) is 0 Å². The summed E-state index contributed by atoms with van der Waals surface area (Å²) in [6, 6.07) is 11.8. The minimum Gasteiger partial charge on any atom is -0.497 e. The molecule has 2 aromatic rings. The van der Waals surface area contributed by atoms with Crippen molar-refractivity contribution in [1.29, 1.82) is 0 Å². The van der Waals surface area contributed by atoms with Crippen LogP contribution < -0.4 is 15.2 Å². The lowest BCUT2D eigenvalue weighted by Crippen LogP contribution is -2.19. The van der Waals surface area contributed by atoms with Crippen molar-refractivity contribution in [2.45, 2.75) is 6.10 Å². The first-order valence-corrected chi connectivity index (χ1v) is 6.89. The van der Waals surface area contributed by atoms with E-state index in [1.807, 2.05) is 0 Å². The van der Waals surface area contributed by atoms with Gasteiger partial charge in [0, 0.05) is 12.1 Å². The summed E-state index contributed by atoms with van der Waals surface area (Å²) in [5.74, 6) is 0.969. The van der Waals surface area contributed by atoms with E-state index >= 15 is 0 Å². The van der Waals surface area contributed by atoms with Gasteiger partial charge in [0.2, 0.25) is 0 Å². The van der Waals surface area contributed by atoms with Gasteiger partial charge in [-0.1, -0.05) is 18.2 Å². The Hall–Kier alpha value is -1.59. The molecule has 3 nitrogen and oxygen atoms in total. The predicted molar refractivity (Wildman–Crippen MR) is 79.5 cm³/mol. The molecule has 0 saturated carbocycles. The Balaban J connectivity index is 2.25. The standard InChI is InChI=1S/C15H15BrFNO2/c1-19-10-6-7-14(12(16)8-10)20-15(9-18)11-4-2-3-5-13(11)17/h2-8,15H,9,18H2,1H3. The van der Waals surface area contributed by atoms with Crippen molar-refractivity contribution in [2.75, 3.05) is 13.7 Å². The smallest absolute Gasteiger partial charge is 0.139 e. The molecule has 1 atom stereocenters. The van der Waals surface area contributed by atoms with E-state index in [-0.39, 0.29) is 12.4 Å². The first-order valence-electron chi connectivity index (χ1n) is 6.10. The molecule has 2 aromatic carbocycles. The number of hydrogen-bond acceptors (Lipinski definition) is 3. The first kappa shape index (κ1) is 14.8. The summed E-state index contributed by atoms with van der Waals surface area (Å²) >= 11 is 3.40. The number of halogens is 2. The molecule has 106 valence electrons. The van der Waals surface area contributed by atoms with Crippen molar-refractivity contribution in [3.05, 3.63) is 58.3 Å². The SMILES string of the molecule is COc1ccc(OC(CN)c2ccccc2F)c(Br)c1. The largest absolute Gasteiger partial charge is 0.497 e. The second kappa shape index (κ2) is 6.72. The van der Waals surface area contributed by atoms with Gasteiger partial charge in [0.25, 0.3) is 0 Å². The third kappa shape index (κ3) is 3.29. The Morgan fingerprint density at radius 3 is 2.60 bits per heavy atom. The highest BCUT2D eigenvalue weighted by Gasteiger charge is 2.17. The van der Waals surface area contributed by atoms with Crippen LogP contribution in [0.5, 0.6) is 11.5 Å². The third-order valence-electron chi connectivity index (χ3n) is 2.87. The van der Waals surface area contributed by atoms with Crippen LogP contribution in [0.15, 0.2) is 46.9 Å². The second-order valence-electron chi connectivity index (χ2n) is 4.16. The van der Waals surface area contributed by atoms with Gasteiger partial charge in [-0.05, 0) is 40.2 Å². The first-order chi connectivity index (χ1) is 9.65. The van der Waals surface area contributed by atoms with E-state index in [0.717, 1.165) is 4.47 Å². The van der Waals surface area contributed by atoms with E-state index < -0.39 is 6.10 Å². The van der Waals surface area contributed by atoms with Crippen molar-refractivity contribution in [2.24, 2.45) is 5.73 Å². The zero-order chi connectivity index (χ0) is 14.5. The fraction of sp³-hybridized carbons (Fsp3) is 0.200. The summed E-state index contributed by atoms with van der Waals surface area (Å²) in [4.78, 5) is 0. The molecule has 5 heteroatoms. The second-order valence-corrected chi connectivity index (χ2v) is 5.01. The molecule has 0 heterocycles. The number of nitrogens with two attached hydrogens (primary N) is 1. The van der Waals surface area contributed by atoms with Crippen molar-refractivity contribution < 1.29 is 13.9 Å². The molecular weight excluding hydrogens is 325 g/mol. The molecule has 0 aliphatic heterocycles. The minimum absolute atomic E-state index is 0.180. The number of methoxy groups -OCH3 is 1. The molecule has 0 aromatic heterocycles. The lowest BCUT2D eigenvalue weighted by Gasteiger charge is -2.19. The zero-order valence-electron chi connectivity index (χ0n) is 11.0. The normalized spacial score (nSPS) is 12.0. The average Bonchev–Trinajstić information content (AvgIpc) is 2.47. The summed E-state index contributed by atoms with van der Waals surface area (Å²) in [6.45, 7) is 0.180. The van der Waals surface area contributed by atoms with Crippen LogP contribution in [0.3, 0.4) is 0 Å². The summed E-state index contributed by atoms with van der Waals surface area (Å²) in [5, 5.41) is 0. The maximum atomic E-state index is 13.8. The molecule has 0 amide bonds. The van der Waals surface area contributed by atoms with Crippen LogP contribution in [0.4, 0.5) is 4.39 Å². The Bertz CT molecular complexity index is 592. The molecule has 2 rings (SSSR count). The van der Waals surface area contributed by atoms with Gasteiger partial charge < -0.3 is 15.2 Å². The molecule has 0 spiro atoms. The summed E-state index contributed by atoms with van der Waals surface area (Å²) in [6.07, 6.45) is -0.541. The summed E-state index contributed by atoms with van der Waals surface area (Å²) in [7, 11) is 1.59. The highest BCUT2D eigenvalue weighted by atomic mass is 79.9. The number of benzene rings is 2. The van der Waals surface area contributed by atoms with Gasteiger partial charge in [0.1, 0.15) is 23.4 Å². The Morgan fingerprint density at radius 1 is 1.25 bits per heavy atom. The van der Waals surface area contributed by atoms with Crippen LogP contribution in [0, 0.1) is 5.82 Å². The minimum atomic E-state index is -0.541. The van der Waals surface area contributed by atoms with Crippen LogP contribution in [0.1, 0.15) is 11.7 Å². The zero-order valence-corrected chi connectivity index (χ0v) is 12.6. The van der Waals surface area contributed by atoms with Gasteiger partial charge >= 0.3 is 0 Å². The van der Waals surface area contributed by atoms with E-state index in [1.165, 1.54) is 6.07 Å². The van der Waals surface area contributed by atoms with Gasteiger partial charge in [-0.3, -0.25) is 0 Å². The fourth-order valence-corrected chi connectivity index (χ4v) is 2.28. The highest BCUT2D eigenvalue weighted by Crippen LogP contribution is 2.32. The molecular formula is C15H15BrFNO2. The Labute approximate surface area is 125 Å². The van der Waals surface area contributed by atoms with Crippen LogP contribution in [-0.4, -0.2) is 13.7 Å². The lowest BCUT2D eigenvalue weighted by atomic mass is 10.1. The van der Waals surface area contributed by atoms with Gasteiger partial charge in [-0.2, -0.15) is 0 Å². The van der Waals surface area contributed by atoms with Gasteiger partial charge in [0.15, 0.2) is 0 Å². The molecule has 0 aliphatic rings. The molecule has 0 aliphatic carbocycles.